The van der Waals surface area contributed by atoms with E-state index in [1.165, 1.54) is 0 Å². The third kappa shape index (κ3) is 1.89. The molecule has 5 nitrogen and oxygen atoms in total. The van der Waals surface area contributed by atoms with E-state index >= 15 is 0 Å². The lowest BCUT2D eigenvalue weighted by molar-refractivity contribution is -0.134. The Morgan fingerprint density at radius 3 is 2.68 bits per heavy atom. The van der Waals surface area contributed by atoms with Gasteiger partial charge in [0.1, 0.15) is 5.69 Å². The molecule has 110 valence electrons. The van der Waals surface area contributed by atoms with E-state index in [-0.39, 0.29) is 11.8 Å². The Hall–Kier alpha value is -2.69. The Labute approximate surface area is 128 Å². The van der Waals surface area contributed by atoms with Crippen LogP contribution in [0, 0.1) is 5.41 Å². The van der Waals surface area contributed by atoms with Crippen LogP contribution in [0.4, 0.5) is 5.69 Å². The van der Waals surface area contributed by atoms with E-state index in [1.54, 1.807) is 29.3 Å². The molecule has 2 aliphatic rings. The molecule has 22 heavy (non-hydrogen) atoms. The first-order chi connectivity index (χ1) is 10.7. The fraction of sp³-hybridized carbons (Fsp3) is 0.235. The van der Waals surface area contributed by atoms with E-state index in [9.17, 15) is 9.59 Å². The van der Waals surface area contributed by atoms with Crippen molar-refractivity contribution in [3.63, 3.8) is 0 Å². The zero-order valence-electron chi connectivity index (χ0n) is 12.0. The fourth-order valence-electron chi connectivity index (χ4n) is 3.23. The minimum absolute atomic E-state index is 0.0104. The predicted molar refractivity (Wildman–Crippen MR) is 81.3 cm³/mol. The van der Waals surface area contributed by atoms with Crippen LogP contribution in [0.3, 0.4) is 0 Å². The molecule has 5 heteroatoms. The first-order valence-electron chi connectivity index (χ1n) is 7.28. The third-order valence-electron chi connectivity index (χ3n) is 4.43. The smallest absolute Gasteiger partial charge is 0.272 e. The molecular weight excluding hydrogens is 278 g/mol. The Morgan fingerprint density at radius 2 is 1.91 bits per heavy atom. The molecule has 0 aliphatic carbocycles. The van der Waals surface area contributed by atoms with Crippen LogP contribution in [0.25, 0.3) is 0 Å². The molecule has 0 bridgehead atoms. The normalized spacial score (nSPS) is 18.4. The monoisotopic (exact) mass is 293 g/mol. The van der Waals surface area contributed by atoms with Crippen molar-refractivity contribution in [3.8, 4) is 0 Å². The van der Waals surface area contributed by atoms with Gasteiger partial charge in [-0.1, -0.05) is 24.3 Å². The number of nitrogens with one attached hydrogen (secondary N) is 1. The van der Waals surface area contributed by atoms with Crippen molar-refractivity contribution in [2.24, 2.45) is 5.41 Å². The number of pyridine rings is 1. The summed E-state index contributed by atoms with van der Waals surface area (Å²) in [4.78, 5) is 30.5. The highest BCUT2D eigenvalue weighted by molar-refractivity contribution is 6.02. The van der Waals surface area contributed by atoms with Gasteiger partial charge < -0.3 is 10.2 Å². The molecule has 0 atom stereocenters. The molecule has 2 amide bonds. The number of likely N-dealkylation sites (tertiary alicyclic amines) is 1. The van der Waals surface area contributed by atoms with Gasteiger partial charge in [-0.15, -0.1) is 0 Å². The number of anilines is 1. The summed E-state index contributed by atoms with van der Waals surface area (Å²) in [6.45, 7) is 0.894. The number of benzene rings is 1. The Kier molecular flexibility index (Phi) is 2.76. The van der Waals surface area contributed by atoms with Gasteiger partial charge >= 0.3 is 0 Å². The minimum Gasteiger partial charge on any atom is -0.335 e. The van der Waals surface area contributed by atoms with E-state index in [2.05, 4.69) is 10.3 Å². The van der Waals surface area contributed by atoms with Crippen LogP contribution in [0.5, 0.6) is 0 Å². The van der Waals surface area contributed by atoms with Gasteiger partial charge in [0.05, 0.1) is 5.41 Å². The minimum atomic E-state index is -0.487. The largest absolute Gasteiger partial charge is 0.335 e. The maximum absolute atomic E-state index is 12.4. The van der Waals surface area contributed by atoms with Crippen molar-refractivity contribution in [1.29, 1.82) is 0 Å². The highest BCUT2D eigenvalue weighted by Gasteiger charge is 2.53. The molecule has 4 rings (SSSR count). The number of para-hydroxylation sites is 1. The van der Waals surface area contributed by atoms with Gasteiger partial charge in [0, 0.05) is 25.0 Å². The maximum Gasteiger partial charge on any atom is 0.272 e. The highest BCUT2D eigenvalue weighted by Crippen LogP contribution is 2.41. The molecule has 1 fully saturated rings. The van der Waals surface area contributed by atoms with Gasteiger partial charge in [-0.3, -0.25) is 14.6 Å². The summed E-state index contributed by atoms with van der Waals surface area (Å²) >= 11 is 0. The highest BCUT2D eigenvalue weighted by atomic mass is 16.2. The van der Waals surface area contributed by atoms with E-state index in [0.717, 1.165) is 11.3 Å². The number of carbonyl (C=O) groups is 2. The second-order valence-electron chi connectivity index (χ2n) is 5.94. The molecular formula is C17H15N3O2. The average Bonchev–Trinajstić information content (AvgIpc) is 2.52. The molecule has 1 N–H and O–H groups in total. The van der Waals surface area contributed by atoms with Crippen LogP contribution in [0.2, 0.25) is 0 Å². The van der Waals surface area contributed by atoms with Crippen molar-refractivity contribution in [2.75, 3.05) is 18.4 Å². The van der Waals surface area contributed by atoms with Gasteiger partial charge in [0.25, 0.3) is 5.91 Å². The Balaban J connectivity index is 1.53. The lowest BCUT2D eigenvalue weighted by Gasteiger charge is -2.50. The number of amides is 2. The number of nitrogens with zero attached hydrogens (tertiary/aromatic N) is 2. The summed E-state index contributed by atoms with van der Waals surface area (Å²) < 4.78 is 0. The van der Waals surface area contributed by atoms with E-state index in [1.807, 2.05) is 24.3 Å². The van der Waals surface area contributed by atoms with Crippen LogP contribution in [0.1, 0.15) is 16.1 Å². The van der Waals surface area contributed by atoms with Gasteiger partial charge in [-0.2, -0.15) is 0 Å². The number of carbonyl (C=O) groups excluding carboxylic acids is 2. The van der Waals surface area contributed by atoms with Crippen LogP contribution < -0.4 is 5.32 Å². The van der Waals surface area contributed by atoms with Gasteiger partial charge in [0.15, 0.2) is 0 Å². The summed E-state index contributed by atoms with van der Waals surface area (Å²) in [5.74, 6) is -0.103. The van der Waals surface area contributed by atoms with Crippen molar-refractivity contribution in [3.05, 3.63) is 59.9 Å². The Morgan fingerprint density at radius 1 is 1.14 bits per heavy atom. The second-order valence-corrected chi connectivity index (χ2v) is 5.94. The van der Waals surface area contributed by atoms with E-state index in [0.29, 0.717) is 25.2 Å². The van der Waals surface area contributed by atoms with Crippen molar-refractivity contribution < 1.29 is 9.59 Å². The number of hydrogen-bond acceptors (Lipinski definition) is 3. The number of rotatable bonds is 1. The molecule has 1 aromatic heterocycles. The van der Waals surface area contributed by atoms with Gasteiger partial charge in [-0.05, 0) is 30.2 Å². The molecule has 0 saturated carbocycles. The van der Waals surface area contributed by atoms with E-state index in [4.69, 9.17) is 0 Å². The first-order valence-corrected chi connectivity index (χ1v) is 7.28. The van der Waals surface area contributed by atoms with Crippen LogP contribution in [-0.2, 0) is 11.2 Å². The standard InChI is InChI=1S/C17H15N3O2/c21-15(14-7-3-4-8-18-14)20-10-17(11-20)9-12-5-1-2-6-13(12)19-16(17)22/h1-8H,9-11H2,(H,19,22). The molecule has 0 unspecified atom stereocenters. The van der Waals surface area contributed by atoms with E-state index < -0.39 is 5.41 Å². The number of fused-ring (bicyclic) bond motifs is 1. The van der Waals surface area contributed by atoms with Crippen molar-refractivity contribution >= 4 is 17.5 Å². The molecule has 2 aromatic rings. The summed E-state index contributed by atoms with van der Waals surface area (Å²) in [5, 5.41) is 2.96. The molecule has 0 radical (unpaired) electrons. The lowest BCUT2D eigenvalue weighted by Crippen LogP contribution is -2.65. The SMILES string of the molecule is O=C(c1ccccn1)N1CC2(Cc3ccccc3NC2=O)C1. The molecule has 1 aromatic carbocycles. The zero-order valence-corrected chi connectivity index (χ0v) is 12.0. The summed E-state index contributed by atoms with van der Waals surface area (Å²) in [6, 6.07) is 13.1. The third-order valence-corrected chi connectivity index (χ3v) is 4.43. The summed E-state index contributed by atoms with van der Waals surface area (Å²) in [5.41, 5.74) is 1.95. The predicted octanol–water partition coefficient (Wildman–Crippen LogP) is 1.72. The molecule has 1 spiro atoms. The van der Waals surface area contributed by atoms with Crippen LogP contribution in [0.15, 0.2) is 48.7 Å². The fourth-order valence-corrected chi connectivity index (χ4v) is 3.23. The second kappa shape index (κ2) is 4.66. The van der Waals surface area contributed by atoms with Crippen molar-refractivity contribution in [2.45, 2.75) is 6.42 Å². The molecule has 3 heterocycles. The quantitative estimate of drug-likeness (QED) is 0.871. The van der Waals surface area contributed by atoms with Crippen molar-refractivity contribution in [1.82, 2.24) is 9.88 Å². The lowest BCUT2D eigenvalue weighted by atomic mass is 9.71. The maximum atomic E-state index is 12.4. The molecule has 2 aliphatic heterocycles. The van der Waals surface area contributed by atoms with Crippen LogP contribution in [-0.4, -0.2) is 34.8 Å². The van der Waals surface area contributed by atoms with Gasteiger partial charge in [-0.25, -0.2) is 0 Å². The summed E-state index contributed by atoms with van der Waals surface area (Å²) in [7, 11) is 0. The Bertz CT molecular complexity index is 752. The average molecular weight is 293 g/mol. The zero-order chi connectivity index (χ0) is 15.2. The number of aromatic nitrogens is 1. The topological polar surface area (TPSA) is 62.3 Å². The van der Waals surface area contributed by atoms with Gasteiger partial charge in [0.2, 0.25) is 5.91 Å². The number of hydrogen-bond donors (Lipinski definition) is 1. The molecule has 1 saturated heterocycles. The first kappa shape index (κ1) is 13.0. The van der Waals surface area contributed by atoms with Crippen LogP contribution >= 0.6 is 0 Å². The summed E-state index contributed by atoms with van der Waals surface area (Å²) in [6.07, 6.45) is 2.29.